The molecule has 1 aliphatic rings. The lowest BCUT2D eigenvalue weighted by Crippen LogP contribution is -2.26. The van der Waals surface area contributed by atoms with Crippen molar-refractivity contribution in [3.8, 4) is 5.88 Å². The molecule has 0 aromatic carbocycles. The summed E-state index contributed by atoms with van der Waals surface area (Å²) in [6, 6.07) is 2.87. The molecule has 0 fully saturated rings. The van der Waals surface area contributed by atoms with Gasteiger partial charge in [0, 0.05) is 30.1 Å². The van der Waals surface area contributed by atoms with E-state index in [2.05, 4.69) is 20.0 Å². The van der Waals surface area contributed by atoms with Gasteiger partial charge in [-0.2, -0.15) is 13.2 Å². The van der Waals surface area contributed by atoms with Crippen LogP contribution in [0.4, 0.5) is 19.0 Å². The molecule has 0 bridgehead atoms. The van der Waals surface area contributed by atoms with E-state index in [1.54, 1.807) is 0 Å². The van der Waals surface area contributed by atoms with E-state index >= 15 is 0 Å². The maximum Gasteiger partial charge on any atom is 0.422 e. The molecule has 3 heterocycles. The Bertz CT molecular complexity index is 984. The van der Waals surface area contributed by atoms with Gasteiger partial charge in [-0.3, -0.25) is 9.59 Å². The van der Waals surface area contributed by atoms with Gasteiger partial charge in [0.15, 0.2) is 6.61 Å². The number of aliphatic hydroxyl groups is 1. The van der Waals surface area contributed by atoms with Crippen molar-refractivity contribution in [2.75, 3.05) is 11.9 Å². The molecule has 0 radical (unpaired) electrons. The minimum Gasteiger partial charge on any atom is -0.467 e. The number of fused-ring (bicyclic) bond motifs is 1. The molecule has 1 atom stereocenters. The molecular weight excluding hydrogens is 429 g/mol. The van der Waals surface area contributed by atoms with Crippen LogP contribution in [0.2, 0.25) is 5.02 Å². The van der Waals surface area contributed by atoms with Gasteiger partial charge in [-0.25, -0.2) is 9.97 Å². The Kier molecular flexibility index (Phi) is 6.13. The second-order valence-corrected chi connectivity index (χ2v) is 6.95. The van der Waals surface area contributed by atoms with Crippen LogP contribution in [-0.2, 0) is 17.9 Å². The van der Waals surface area contributed by atoms with Gasteiger partial charge in [0.05, 0.1) is 6.54 Å². The largest absolute Gasteiger partial charge is 0.467 e. The van der Waals surface area contributed by atoms with Crippen LogP contribution in [0.3, 0.4) is 0 Å². The summed E-state index contributed by atoms with van der Waals surface area (Å²) < 4.78 is 41.4. The van der Waals surface area contributed by atoms with Gasteiger partial charge in [0.1, 0.15) is 16.9 Å². The molecule has 2 aromatic heterocycles. The smallest absolute Gasteiger partial charge is 0.422 e. The van der Waals surface area contributed by atoms with Crippen molar-refractivity contribution in [2.45, 2.75) is 32.3 Å². The molecule has 0 spiro atoms. The van der Waals surface area contributed by atoms with E-state index < -0.39 is 24.8 Å². The van der Waals surface area contributed by atoms with E-state index in [-0.39, 0.29) is 35.7 Å². The number of rotatable bonds is 6. The molecule has 2 N–H and O–H groups in total. The number of carbonyl (C=O) groups is 2. The Morgan fingerprint density at radius 3 is 2.80 bits per heavy atom. The average molecular weight is 445 g/mol. The van der Waals surface area contributed by atoms with Crippen LogP contribution in [0, 0.1) is 0 Å². The zero-order chi connectivity index (χ0) is 22.1. The van der Waals surface area contributed by atoms with Crippen molar-refractivity contribution >= 4 is 29.2 Å². The number of pyridine rings is 2. The number of amides is 2. The second-order valence-electron chi connectivity index (χ2n) is 6.55. The van der Waals surface area contributed by atoms with Crippen molar-refractivity contribution in [1.29, 1.82) is 0 Å². The summed E-state index contributed by atoms with van der Waals surface area (Å²) in [5.74, 6) is -1.18. The van der Waals surface area contributed by atoms with Crippen LogP contribution in [0.1, 0.15) is 28.4 Å². The first-order valence-electron chi connectivity index (χ1n) is 8.65. The van der Waals surface area contributed by atoms with Crippen LogP contribution >= 0.6 is 11.6 Å². The van der Waals surface area contributed by atoms with Gasteiger partial charge in [0.25, 0.3) is 11.8 Å². The number of ether oxygens (including phenoxy) is 1. The van der Waals surface area contributed by atoms with Crippen LogP contribution in [0.15, 0.2) is 24.5 Å². The Morgan fingerprint density at radius 1 is 1.43 bits per heavy atom. The molecule has 160 valence electrons. The lowest BCUT2D eigenvalue weighted by atomic mass is 10.1. The molecule has 0 aliphatic carbocycles. The number of alkyl halides is 3. The molecule has 2 amide bonds. The van der Waals surface area contributed by atoms with Crippen LogP contribution in [0.25, 0.3) is 0 Å². The molecule has 0 saturated heterocycles. The number of aliphatic hydroxyl groups excluding tert-OH is 1. The fraction of sp³-hybridized carbons (Fsp3) is 0.333. The minimum atomic E-state index is -4.52. The second kappa shape index (κ2) is 8.44. The van der Waals surface area contributed by atoms with Gasteiger partial charge in [-0.05, 0) is 24.6 Å². The van der Waals surface area contributed by atoms with Gasteiger partial charge in [-0.1, -0.05) is 11.6 Å². The fourth-order valence-electron chi connectivity index (χ4n) is 2.77. The standard InChI is InChI=1S/C18H16ClF3N4O4/c1-9(27)15(28)25-14-12-7-26(17(29)11(12)2-3-23-14)6-10-4-13(19)16(24-5-10)30-8-18(20,21)22/h2-5,9,27H,6-8H2,1H3,(H,23,25,28)/t9-/m1/s1. The highest BCUT2D eigenvalue weighted by Crippen LogP contribution is 2.30. The van der Waals surface area contributed by atoms with Gasteiger partial charge in [-0.15, -0.1) is 0 Å². The molecular formula is C18H16ClF3N4O4. The summed E-state index contributed by atoms with van der Waals surface area (Å²) >= 11 is 5.94. The van der Waals surface area contributed by atoms with Crippen LogP contribution < -0.4 is 10.1 Å². The number of halogens is 4. The van der Waals surface area contributed by atoms with Gasteiger partial charge < -0.3 is 20.1 Å². The molecule has 1 aliphatic heterocycles. The van der Waals surface area contributed by atoms with E-state index in [1.165, 1.54) is 36.4 Å². The SMILES string of the molecule is C[C@@H](O)C(=O)Nc1nccc2c1CN(Cc1cnc(OCC(F)(F)F)c(Cl)c1)C2=O. The number of hydrogen-bond donors (Lipinski definition) is 2. The first kappa shape index (κ1) is 21.8. The summed E-state index contributed by atoms with van der Waals surface area (Å²) in [5.41, 5.74) is 1.30. The maximum atomic E-state index is 12.7. The lowest BCUT2D eigenvalue weighted by Gasteiger charge is -2.16. The number of aromatic nitrogens is 2. The van der Waals surface area contributed by atoms with Crippen molar-refractivity contribution in [2.24, 2.45) is 0 Å². The summed E-state index contributed by atoms with van der Waals surface area (Å²) in [7, 11) is 0. The van der Waals surface area contributed by atoms with E-state index in [1.807, 2.05) is 0 Å². The molecule has 2 aromatic rings. The van der Waals surface area contributed by atoms with Gasteiger partial charge >= 0.3 is 6.18 Å². The Labute approximate surface area is 173 Å². The summed E-state index contributed by atoms with van der Waals surface area (Å²) in [5, 5.41) is 11.7. The van der Waals surface area contributed by atoms with Crippen molar-refractivity contribution < 1.29 is 32.6 Å². The summed E-state index contributed by atoms with van der Waals surface area (Å²) in [6.45, 7) is -0.0212. The Balaban J connectivity index is 1.73. The topological polar surface area (TPSA) is 105 Å². The van der Waals surface area contributed by atoms with Crippen molar-refractivity contribution in [3.05, 3.63) is 46.2 Å². The molecule has 12 heteroatoms. The highest BCUT2D eigenvalue weighted by molar-refractivity contribution is 6.31. The number of carbonyl (C=O) groups excluding carboxylic acids is 2. The van der Waals surface area contributed by atoms with Crippen molar-refractivity contribution in [1.82, 2.24) is 14.9 Å². The monoisotopic (exact) mass is 444 g/mol. The highest BCUT2D eigenvalue weighted by Gasteiger charge is 2.31. The van der Waals surface area contributed by atoms with E-state index in [9.17, 15) is 27.9 Å². The van der Waals surface area contributed by atoms with E-state index in [0.29, 0.717) is 16.7 Å². The van der Waals surface area contributed by atoms with Crippen LogP contribution in [-0.4, -0.2) is 50.7 Å². The number of nitrogens with zero attached hydrogens (tertiary/aromatic N) is 3. The molecule has 0 unspecified atom stereocenters. The molecule has 3 rings (SSSR count). The Morgan fingerprint density at radius 2 is 2.17 bits per heavy atom. The lowest BCUT2D eigenvalue weighted by molar-refractivity contribution is -0.154. The third-order valence-electron chi connectivity index (χ3n) is 4.15. The quantitative estimate of drug-likeness (QED) is 0.709. The first-order chi connectivity index (χ1) is 14.0. The number of hydrogen-bond acceptors (Lipinski definition) is 6. The third-order valence-corrected chi connectivity index (χ3v) is 4.42. The Hall–Kier alpha value is -2.92. The number of nitrogens with one attached hydrogen (secondary N) is 1. The molecule has 0 saturated carbocycles. The summed E-state index contributed by atoms with van der Waals surface area (Å²) in [6.07, 6.45) is -3.14. The predicted molar refractivity (Wildman–Crippen MR) is 98.9 cm³/mol. The highest BCUT2D eigenvalue weighted by atomic mass is 35.5. The van der Waals surface area contributed by atoms with Gasteiger partial charge in [0.2, 0.25) is 5.88 Å². The van der Waals surface area contributed by atoms with Crippen molar-refractivity contribution in [3.63, 3.8) is 0 Å². The predicted octanol–water partition coefficient (Wildman–Crippen LogP) is 2.55. The maximum absolute atomic E-state index is 12.7. The first-order valence-corrected chi connectivity index (χ1v) is 9.03. The average Bonchev–Trinajstić information content (AvgIpc) is 2.97. The fourth-order valence-corrected chi connectivity index (χ4v) is 3.01. The van der Waals surface area contributed by atoms with Crippen LogP contribution in [0.5, 0.6) is 5.88 Å². The normalized spacial score (nSPS) is 14.5. The third kappa shape index (κ3) is 4.97. The zero-order valence-corrected chi connectivity index (χ0v) is 16.3. The minimum absolute atomic E-state index is 0.0730. The van der Waals surface area contributed by atoms with E-state index in [4.69, 9.17) is 11.6 Å². The molecule has 8 nitrogen and oxygen atoms in total. The summed E-state index contributed by atoms with van der Waals surface area (Å²) in [4.78, 5) is 33.7. The zero-order valence-electron chi connectivity index (χ0n) is 15.5. The number of anilines is 1. The van der Waals surface area contributed by atoms with E-state index in [0.717, 1.165) is 0 Å². The molecule has 30 heavy (non-hydrogen) atoms.